The highest BCUT2D eigenvalue weighted by atomic mass is 14.6. The standard InChI is InChI=1S/C9H19N/c1-7-4-3-5-9(6-10)8(7)2/h7-9H,3-6,10H2,1-2H3/t7?,8?,9-/m0/s1. The smallest absolute Gasteiger partial charge is 0.00462 e. The van der Waals surface area contributed by atoms with Crippen LogP contribution in [0.25, 0.3) is 0 Å². The minimum Gasteiger partial charge on any atom is -0.330 e. The lowest BCUT2D eigenvalue weighted by atomic mass is 9.74. The zero-order valence-corrected chi connectivity index (χ0v) is 7.14. The third-order valence-electron chi connectivity index (χ3n) is 3.18. The van der Waals surface area contributed by atoms with E-state index < -0.39 is 0 Å². The molecule has 1 nitrogen and oxygen atoms in total. The molecule has 0 spiro atoms. The predicted octanol–water partition coefficient (Wildman–Crippen LogP) is 2.02. The predicted molar refractivity (Wildman–Crippen MR) is 44.7 cm³/mol. The van der Waals surface area contributed by atoms with Gasteiger partial charge < -0.3 is 5.73 Å². The van der Waals surface area contributed by atoms with Gasteiger partial charge in [0.25, 0.3) is 0 Å². The molecule has 0 aromatic rings. The first-order valence-corrected chi connectivity index (χ1v) is 4.45. The highest BCUT2D eigenvalue weighted by molar-refractivity contribution is 4.77. The molecule has 1 heteroatoms. The maximum atomic E-state index is 5.66. The first-order chi connectivity index (χ1) is 4.75. The van der Waals surface area contributed by atoms with Crippen LogP contribution in [0.2, 0.25) is 0 Å². The quantitative estimate of drug-likeness (QED) is 0.594. The first kappa shape index (κ1) is 8.06. The SMILES string of the molecule is CC1CCC[C@@H](CN)C1C. The minimum atomic E-state index is 0.809. The van der Waals surface area contributed by atoms with Gasteiger partial charge in [-0.2, -0.15) is 0 Å². The topological polar surface area (TPSA) is 26.0 Å². The Morgan fingerprint density at radius 1 is 1.30 bits per heavy atom. The van der Waals surface area contributed by atoms with Gasteiger partial charge in [0.15, 0.2) is 0 Å². The van der Waals surface area contributed by atoms with Gasteiger partial charge >= 0.3 is 0 Å². The second-order valence-corrected chi connectivity index (χ2v) is 3.76. The van der Waals surface area contributed by atoms with Crippen molar-refractivity contribution >= 4 is 0 Å². The largest absolute Gasteiger partial charge is 0.330 e. The average Bonchev–Trinajstić information content (AvgIpc) is 1.95. The summed E-state index contributed by atoms with van der Waals surface area (Å²) in [6, 6.07) is 0. The fraction of sp³-hybridized carbons (Fsp3) is 1.00. The van der Waals surface area contributed by atoms with Crippen LogP contribution in [-0.2, 0) is 0 Å². The van der Waals surface area contributed by atoms with Gasteiger partial charge in [-0.25, -0.2) is 0 Å². The van der Waals surface area contributed by atoms with E-state index in [0.29, 0.717) is 0 Å². The van der Waals surface area contributed by atoms with Crippen LogP contribution in [0, 0.1) is 17.8 Å². The van der Waals surface area contributed by atoms with E-state index in [2.05, 4.69) is 13.8 Å². The van der Waals surface area contributed by atoms with Crippen LogP contribution >= 0.6 is 0 Å². The van der Waals surface area contributed by atoms with E-state index in [-0.39, 0.29) is 0 Å². The lowest BCUT2D eigenvalue weighted by molar-refractivity contribution is 0.188. The summed E-state index contributed by atoms with van der Waals surface area (Å²) in [5.41, 5.74) is 5.66. The third-order valence-corrected chi connectivity index (χ3v) is 3.18. The second-order valence-electron chi connectivity index (χ2n) is 3.76. The van der Waals surface area contributed by atoms with Crippen LogP contribution in [0.3, 0.4) is 0 Å². The molecule has 1 aliphatic rings. The molecule has 0 aromatic carbocycles. The summed E-state index contributed by atoms with van der Waals surface area (Å²) in [6.07, 6.45) is 4.17. The highest BCUT2D eigenvalue weighted by Crippen LogP contribution is 2.33. The maximum Gasteiger partial charge on any atom is -0.00462 e. The van der Waals surface area contributed by atoms with E-state index >= 15 is 0 Å². The summed E-state index contributed by atoms with van der Waals surface area (Å²) >= 11 is 0. The Morgan fingerprint density at radius 2 is 2.00 bits per heavy atom. The van der Waals surface area contributed by atoms with Crippen molar-refractivity contribution in [2.45, 2.75) is 33.1 Å². The summed E-state index contributed by atoms with van der Waals surface area (Å²) in [6.45, 7) is 5.60. The number of nitrogens with two attached hydrogens (primary N) is 1. The van der Waals surface area contributed by atoms with Crippen LogP contribution in [0.5, 0.6) is 0 Å². The summed E-state index contributed by atoms with van der Waals surface area (Å²) < 4.78 is 0. The molecule has 1 rings (SSSR count). The Balaban J connectivity index is 2.42. The fourth-order valence-electron chi connectivity index (χ4n) is 2.02. The average molecular weight is 141 g/mol. The van der Waals surface area contributed by atoms with Crippen molar-refractivity contribution in [2.75, 3.05) is 6.54 Å². The number of rotatable bonds is 1. The van der Waals surface area contributed by atoms with E-state index in [1.54, 1.807) is 0 Å². The zero-order valence-electron chi connectivity index (χ0n) is 7.14. The molecule has 0 amide bonds. The minimum absolute atomic E-state index is 0.809. The lowest BCUT2D eigenvalue weighted by Gasteiger charge is -2.33. The Bertz CT molecular complexity index is 101. The van der Waals surface area contributed by atoms with Crippen molar-refractivity contribution < 1.29 is 0 Å². The normalized spacial score (nSPS) is 41.7. The molecule has 0 aromatic heterocycles. The van der Waals surface area contributed by atoms with Crippen molar-refractivity contribution in [3.63, 3.8) is 0 Å². The van der Waals surface area contributed by atoms with Gasteiger partial charge in [-0.05, 0) is 30.7 Å². The molecular weight excluding hydrogens is 122 g/mol. The molecule has 0 saturated heterocycles. The molecule has 10 heavy (non-hydrogen) atoms. The molecule has 3 atom stereocenters. The molecule has 0 radical (unpaired) electrons. The van der Waals surface area contributed by atoms with Gasteiger partial charge in [-0.1, -0.05) is 26.7 Å². The van der Waals surface area contributed by atoms with E-state index in [1.807, 2.05) is 0 Å². The Labute approximate surface area is 64.0 Å². The lowest BCUT2D eigenvalue weighted by Crippen LogP contribution is -2.29. The van der Waals surface area contributed by atoms with Crippen LogP contribution in [0.15, 0.2) is 0 Å². The van der Waals surface area contributed by atoms with Crippen molar-refractivity contribution in [1.29, 1.82) is 0 Å². The van der Waals surface area contributed by atoms with Gasteiger partial charge in [-0.3, -0.25) is 0 Å². The molecule has 2 unspecified atom stereocenters. The summed E-state index contributed by atoms with van der Waals surface area (Å²) in [4.78, 5) is 0. The van der Waals surface area contributed by atoms with E-state index in [1.165, 1.54) is 19.3 Å². The molecule has 0 bridgehead atoms. The van der Waals surface area contributed by atoms with E-state index in [9.17, 15) is 0 Å². The van der Waals surface area contributed by atoms with Crippen molar-refractivity contribution in [2.24, 2.45) is 23.5 Å². The van der Waals surface area contributed by atoms with Gasteiger partial charge in [0.05, 0.1) is 0 Å². The summed E-state index contributed by atoms with van der Waals surface area (Å²) in [5.74, 6) is 2.57. The zero-order chi connectivity index (χ0) is 7.56. The van der Waals surface area contributed by atoms with Crippen LogP contribution in [-0.4, -0.2) is 6.54 Å². The van der Waals surface area contributed by atoms with Crippen molar-refractivity contribution in [3.8, 4) is 0 Å². The molecule has 1 aliphatic carbocycles. The van der Waals surface area contributed by atoms with Crippen molar-refractivity contribution in [1.82, 2.24) is 0 Å². The second kappa shape index (κ2) is 3.38. The van der Waals surface area contributed by atoms with E-state index in [4.69, 9.17) is 5.73 Å². The molecule has 0 heterocycles. The van der Waals surface area contributed by atoms with Crippen LogP contribution < -0.4 is 5.73 Å². The monoisotopic (exact) mass is 141 g/mol. The Hall–Kier alpha value is -0.0400. The van der Waals surface area contributed by atoms with Gasteiger partial charge in [-0.15, -0.1) is 0 Å². The molecule has 0 aliphatic heterocycles. The molecule has 1 saturated carbocycles. The summed E-state index contributed by atoms with van der Waals surface area (Å²) in [7, 11) is 0. The Morgan fingerprint density at radius 3 is 2.50 bits per heavy atom. The van der Waals surface area contributed by atoms with E-state index in [0.717, 1.165) is 24.3 Å². The number of hydrogen-bond donors (Lipinski definition) is 1. The summed E-state index contributed by atoms with van der Waals surface area (Å²) in [5, 5.41) is 0. The van der Waals surface area contributed by atoms with Crippen molar-refractivity contribution in [3.05, 3.63) is 0 Å². The third kappa shape index (κ3) is 1.51. The molecule has 1 fully saturated rings. The van der Waals surface area contributed by atoms with Gasteiger partial charge in [0.1, 0.15) is 0 Å². The maximum absolute atomic E-state index is 5.66. The number of hydrogen-bond acceptors (Lipinski definition) is 1. The van der Waals surface area contributed by atoms with Gasteiger partial charge in [0, 0.05) is 0 Å². The molecule has 2 N–H and O–H groups in total. The van der Waals surface area contributed by atoms with Crippen LogP contribution in [0.1, 0.15) is 33.1 Å². The first-order valence-electron chi connectivity index (χ1n) is 4.45. The fourth-order valence-corrected chi connectivity index (χ4v) is 2.02. The van der Waals surface area contributed by atoms with Crippen LogP contribution in [0.4, 0.5) is 0 Å². The van der Waals surface area contributed by atoms with Gasteiger partial charge in [0.2, 0.25) is 0 Å². The highest BCUT2D eigenvalue weighted by Gasteiger charge is 2.25. The Kier molecular flexibility index (Phi) is 2.72. The molecular formula is C9H19N. The molecule has 60 valence electrons.